The molecule has 0 spiro atoms. The first-order valence-corrected chi connectivity index (χ1v) is 7.15. The molecule has 2 rings (SSSR count). The number of benzene rings is 1. The zero-order chi connectivity index (χ0) is 14.7. The van der Waals surface area contributed by atoms with Crippen LogP contribution in [0.15, 0.2) is 34.7 Å². The molecular formula is C15H17Cl2NO2. The Bertz CT molecular complexity index is 583. The highest BCUT2D eigenvalue weighted by molar-refractivity contribution is 6.33. The normalized spacial score (nSPS) is 14.2. The maximum Gasteiger partial charge on any atom is 0.120 e. The maximum absolute atomic E-state index is 10.2. The molecule has 2 atom stereocenters. The Hall–Kier alpha value is -1.00. The fourth-order valence-electron chi connectivity index (χ4n) is 1.96. The summed E-state index contributed by atoms with van der Waals surface area (Å²) in [7, 11) is 0. The van der Waals surface area contributed by atoms with Gasteiger partial charge < -0.3 is 14.8 Å². The summed E-state index contributed by atoms with van der Waals surface area (Å²) < 4.78 is 5.53. The minimum Gasteiger partial charge on any atom is -0.465 e. The predicted octanol–water partition coefficient (Wildman–Crippen LogP) is 4.28. The van der Waals surface area contributed by atoms with Gasteiger partial charge in [0, 0.05) is 22.2 Å². The van der Waals surface area contributed by atoms with Crippen LogP contribution in [0, 0.1) is 6.92 Å². The van der Waals surface area contributed by atoms with Gasteiger partial charge in [-0.1, -0.05) is 23.2 Å². The topological polar surface area (TPSA) is 45.4 Å². The van der Waals surface area contributed by atoms with Crippen LogP contribution in [0.5, 0.6) is 0 Å². The van der Waals surface area contributed by atoms with Crippen molar-refractivity contribution < 1.29 is 9.52 Å². The molecule has 3 nitrogen and oxygen atoms in total. The highest BCUT2D eigenvalue weighted by Crippen LogP contribution is 2.26. The lowest BCUT2D eigenvalue weighted by Crippen LogP contribution is -2.24. The fourth-order valence-corrected chi connectivity index (χ4v) is 2.38. The van der Waals surface area contributed by atoms with Gasteiger partial charge in [0.25, 0.3) is 0 Å². The van der Waals surface area contributed by atoms with Crippen LogP contribution in [0.25, 0.3) is 0 Å². The number of aliphatic hydroxyl groups is 1. The number of aliphatic hydroxyl groups excluding tert-OH is 1. The molecule has 108 valence electrons. The zero-order valence-corrected chi connectivity index (χ0v) is 12.9. The Morgan fingerprint density at radius 3 is 2.65 bits per heavy atom. The lowest BCUT2D eigenvalue weighted by atomic mass is 10.1. The Morgan fingerprint density at radius 1 is 1.25 bits per heavy atom. The Labute approximate surface area is 128 Å². The first-order valence-electron chi connectivity index (χ1n) is 6.40. The molecule has 1 heterocycles. The van der Waals surface area contributed by atoms with Crippen molar-refractivity contribution in [1.82, 2.24) is 5.32 Å². The highest BCUT2D eigenvalue weighted by Gasteiger charge is 2.15. The first kappa shape index (κ1) is 15.4. The second-order valence-corrected chi connectivity index (χ2v) is 5.60. The number of hydrogen-bond acceptors (Lipinski definition) is 3. The third-order valence-electron chi connectivity index (χ3n) is 3.12. The van der Waals surface area contributed by atoms with Gasteiger partial charge in [-0.05, 0) is 44.2 Å². The van der Waals surface area contributed by atoms with Crippen molar-refractivity contribution in [3.8, 4) is 0 Å². The van der Waals surface area contributed by atoms with E-state index in [1.807, 2.05) is 26.0 Å². The molecule has 2 N–H and O–H groups in total. The molecule has 0 saturated carbocycles. The van der Waals surface area contributed by atoms with E-state index in [4.69, 9.17) is 27.6 Å². The lowest BCUT2D eigenvalue weighted by Gasteiger charge is -2.17. The van der Waals surface area contributed by atoms with Crippen LogP contribution in [0.2, 0.25) is 10.0 Å². The van der Waals surface area contributed by atoms with Crippen LogP contribution >= 0.6 is 23.2 Å². The van der Waals surface area contributed by atoms with Crippen molar-refractivity contribution >= 4 is 23.2 Å². The SMILES string of the molecule is Cc1ccc(C(C)NCC(O)c2cc(Cl)ccc2Cl)o1. The highest BCUT2D eigenvalue weighted by atomic mass is 35.5. The van der Waals surface area contributed by atoms with Crippen LogP contribution in [0.4, 0.5) is 0 Å². The molecule has 0 aliphatic rings. The summed E-state index contributed by atoms with van der Waals surface area (Å²) in [5, 5.41) is 14.5. The van der Waals surface area contributed by atoms with E-state index in [1.165, 1.54) is 0 Å². The molecule has 1 aromatic heterocycles. The van der Waals surface area contributed by atoms with E-state index in [2.05, 4.69) is 5.32 Å². The quantitative estimate of drug-likeness (QED) is 0.866. The molecule has 0 fully saturated rings. The summed E-state index contributed by atoms with van der Waals surface area (Å²) in [6.45, 7) is 4.24. The average Bonchev–Trinajstić information content (AvgIpc) is 2.85. The number of rotatable bonds is 5. The van der Waals surface area contributed by atoms with Crippen LogP contribution in [0.1, 0.15) is 36.2 Å². The fraction of sp³-hybridized carbons (Fsp3) is 0.333. The molecule has 2 aromatic rings. The van der Waals surface area contributed by atoms with Crippen molar-refractivity contribution in [3.63, 3.8) is 0 Å². The molecule has 0 bridgehead atoms. The van der Waals surface area contributed by atoms with Gasteiger partial charge in [0.05, 0.1) is 12.1 Å². The summed E-state index contributed by atoms with van der Waals surface area (Å²) in [5.74, 6) is 1.71. The van der Waals surface area contributed by atoms with Gasteiger partial charge in [-0.25, -0.2) is 0 Å². The summed E-state index contributed by atoms with van der Waals surface area (Å²) in [4.78, 5) is 0. The van der Waals surface area contributed by atoms with Gasteiger partial charge in [-0.3, -0.25) is 0 Å². The van der Waals surface area contributed by atoms with Gasteiger partial charge in [0.15, 0.2) is 0 Å². The molecule has 1 aromatic carbocycles. The monoisotopic (exact) mass is 313 g/mol. The molecular weight excluding hydrogens is 297 g/mol. The largest absolute Gasteiger partial charge is 0.465 e. The molecule has 0 aliphatic carbocycles. The van der Waals surface area contributed by atoms with E-state index < -0.39 is 6.10 Å². The lowest BCUT2D eigenvalue weighted by molar-refractivity contribution is 0.169. The number of furan rings is 1. The van der Waals surface area contributed by atoms with Crippen LogP contribution in [-0.4, -0.2) is 11.7 Å². The van der Waals surface area contributed by atoms with E-state index >= 15 is 0 Å². The molecule has 0 saturated heterocycles. The van der Waals surface area contributed by atoms with Crippen molar-refractivity contribution in [2.75, 3.05) is 6.54 Å². The van der Waals surface area contributed by atoms with Gasteiger partial charge in [-0.2, -0.15) is 0 Å². The summed E-state index contributed by atoms with van der Waals surface area (Å²) >= 11 is 12.0. The number of halogens is 2. The van der Waals surface area contributed by atoms with E-state index in [9.17, 15) is 5.11 Å². The minimum atomic E-state index is -0.722. The van der Waals surface area contributed by atoms with Crippen LogP contribution in [-0.2, 0) is 0 Å². The summed E-state index contributed by atoms with van der Waals surface area (Å²) in [6.07, 6.45) is -0.722. The maximum atomic E-state index is 10.2. The standard InChI is InChI=1S/C15H17Cl2NO2/c1-9-3-6-15(20-9)10(2)18-8-14(19)12-7-11(16)4-5-13(12)17/h3-7,10,14,18-19H,8H2,1-2H3. The van der Waals surface area contributed by atoms with Gasteiger partial charge in [0.2, 0.25) is 0 Å². The van der Waals surface area contributed by atoms with E-state index in [0.717, 1.165) is 11.5 Å². The van der Waals surface area contributed by atoms with Crippen LogP contribution in [0.3, 0.4) is 0 Å². The van der Waals surface area contributed by atoms with Crippen molar-refractivity contribution in [3.05, 3.63) is 57.5 Å². The number of hydrogen-bond donors (Lipinski definition) is 2. The number of aryl methyl sites for hydroxylation is 1. The molecule has 0 aliphatic heterocycles. The molecule has 5 heteroatoms. The average molecular weight is 314 g/mol. The summed E-state index contributed by atoms with van der Waals surface area (Å²) in [5.41, 5.74) is 0.620. The predicted molar refractivity (Wildman–Crippen MR) is 81.3 cm³/mol. The minimum absolute atomic E-state index is 0.0105. The third-order valence-corrected chi connectivity index (χ3v) is 3.70. The van der Waals surface area contributed by atoms with Crippen LogP contribution < -0.4 is 5.32 Å². The zero-order valence-electron chi connectivity index (χ0n) is 11.4. The smallest absolute Gasteiger partial charge is 0.120 e. The molecule has 2 unspecified atom stereocenters. The Morgan fingerprint density at radius 2 is 2.00 bits per heavy atom. The second-order valence-electron chi connectivity index (χ2n) is 4.76. The van der Waals surface area contributed by atoms with E-state index in [1.54, 1.807) is 18.2 Å². The summed E-state index contributed by atoms with van der Waals surface area (Å²) in [6, 6.07) is 8.90. The number of nitrogens with one attached hydrogen (secondary N) is 1. The van der Waals surface area contributed by atoms with Gasteiger partial charge in [-0.15, -0.1) is 0 Å². The third kappa shape index (κ3) is 3.76. The Kier molecular flexibility index (Phi) is 5.11. The molecule has 0 radical (unpaired) electrons. The van der Waals surface area contributed by atoms with E-state index in [0.29, 0.717) is 22.2 Å². The van der Waals surface area contributed by atoms with Crippen molar-refractivity contribution in [2.24, 2.45) is 0 Å². The van der Waals surface area contributed by atoms with Crippen molar-refractivity contribution in [2.45, 2.75) is 26.0 Å². The van der Waals surface area contributed by atoms with E-state index in [-0.39, 0.29) is 6.04 Å². The van der Waals surface area contributed by atoms with Crippen molar-refractivity contribution in [1.29, 1.82) is 0 Å². The second kappa shape index (κ2) is 6.64. The first-order chi connectivity index (χ1) is 9.47. The Balaban J connectivity index is 1.98. The van der Waals surface area contributed by atoms with Gasteiger partial charge >= 0.3 is 0 Å². The molecule has 0 amide bonds. The molecule has 20 heavy (non-hydrogen) atoms. The van der Waals surface area contributed by atoms with Gasteiger partial charge in [0.1, 0.15) is 11.5 Å².